The summed E-state index contributed by atoms with van der Waals surface area (Å²) in [6, 6.07) is 11.8. The average Bonchev–Trinajstić information content (AvgIpc) is 3.37. The number of rotatable bonds is 9. The molecule has 1 unspecified atom stereocenters. The second kappa shape index (κ2) is 9.19. The van der Waals surface area contributed by atoms with E-state index in [4.69, 9.17) is 18.0 Å². The van der Waals surface area contributed by atoms with Gasteiger partial charge in [0.05, 0.1) is 11.7 Å². The topological polar surface area (TPSA) is 80.4 Å². The summed E-state index contributed by atoms with van der Waals surface area (Å²) in [5, 5.41) is 25.6. The lowest BCUT2D eigenvalue weighted by atomic mass is 9.99. The Kier molecular flexibility index (Phi) is 6.35. The summed E-state index contributed by atoms with van der Waals surface area (Å²) < 4.78 is 1.83. The van der Waals surface area contributed by atoms with Gasteiger partial charge in [-0.15, -0.1) is 17.4 Å². The monoisotopic (exact) mass is 447 g/mol. The smallest absolute Gasteiger partial charge is 0.193 e. The maximum absolute atomic E-state index is 6.23. The zero-order valence-electron chi connectivity index (χ0n) is 18.5. The van der Waals surface area contributed by atoms with Crippen LogP contribution in [0.3, 0.4) is 0 Å². The third kappa shape index (κ3) is 4.57. The molecule has 0 fully saturated rings. The fraction of sp³-hybridized carbons (Fsp3) is 0.375. The Morgan fingerprint density at radius 2 is 1.84 bits per heavy atom. The third-order valence-electron chi connectivity index (χ3n) is 5.87. The first kappa shape index (κ1) is 22.1. The van der Waals surface area contributed by atoms with Crippen molar-refractivity contribution < 1.29 is 0 Å². The molecule has 0 aliphatic carbocycles. The first-order chi connectivity index (χ1) is 15.4. The van der Waals surface area contributed by atoms with Crippen molar-refractivity contribution in [3.8, 4) is 18.0 Å². The number of hydrogen-bond acceptors (Lipinski definition) is 6. The largest absolute Gasteiger partial charge is 0.303 e. The second-order valence-electron chi connectivity index (χ2n) is 8.21. The van der Waals surface area contributed by atoms with Gasteiger partial charge in [-0.05, 0) is 65.6 Å². The lowest BCUT2D eigenvalue weighted by Crippen LogP contribution is -2.30. The van der Waals surface area contributed by atoms with Gasteiger partial charge in [-0.2, -0.15) is 14.9 Å². The minimum atomic E-state index is -0.350. The summed E-state index contributed by atoms with van der Waals surface area (Å²) >= 11 is 6.23. The van der Waals surface area contributed by atoms with Gasteiger partial charge in [0.15, 0.2) is 11.5 Å². The lowest BCUT2D eigenvalue weighted by molar-refractivity contribution is 0.462. The molecule has 0 saturated heterocycles. The molecule has 0 spiro atoms. The van der Waals surface area contributed by atoms with Gasteiger partial charge >= 0.3 is 0 Å². The highest BCUT2D eigenvalue weighted by Crippen LogP contribution is 2.36. The standard InChI is InChI=1S/C24H26ClN7/c1-5-6-12-24(28-29-24)13-14-26-21(20-11-10-19(25)15-18(20)4)23-27-30-31-32(23)22-16(2)8-7-9-17(22)3/h1,7-11,15,21,26H,6,12-14H2,2-4H3. The van der Waals surface area contributed by atoms with Crippen molar-refractivity contribution in [3.63, 3.8) is 0 Å². The van der Waals surface area contributed by atoms with E-state index in [-0.39, 0.29) is 11.7 Å². The van der Waals surface area contributed by atoms with Crippen molar-refractivity contribution in [3.05, 3.63) is 69.5 Å². The number of para-hydroxylation sites is 1. The number of tetrazole rings is 1. The van der Waals surface area contributed by atoms with Crippen molar-refractivity contribution in [1.82, 2.24) is 25.5 Å². The van der Waals surface area contributed by atoms with Gasteiger partial charge in [0.1, 0.15) is 0 Å². The molecule has 164 valence electrons. The SMILES string of the molecule is C#CCCC1(CCNC(c2ccc(Cl)cc2C)c2nnnn2-c2c(C)cccc2C)N=N1. The van der Waals surface area contributed by atoms with Crippen LogP contribution in [0.5, 0.6) is 0 Å². The number of aromatic nitrogens is 4. The van der Waals surface area contributed by atoms with E-state index in [1.165, 1.54) is 0 Å². The van der Waals surface area contributed by atoms with Crippen LogP contribution < -0.4 is 5.32 Å². The Hall–Kier alpha value is -3.08. The molecule has 3 aromatic rings. The maximum Gasteiger partial charge on any atom is 0.193 e. The Labute approximate surface area is 193 Å². The maximum atomic E-state index is 6.23. The minimum absolute atomic E-state index is 0.232. The quantitative estimate of drug-likeness (QED) is 0.474. The molecule has 8 heteroatoms. The highest BCUT2D eigenvalue weighted by atomic mass is 35.5. The van der Waals surface area contributed by atoms with Gasteiger partial charge in [0.2, 0.25) is 0 Å². The summed E-state index contributed by atoms with van der Waals surface area (Å²) in [6.45, 7) is 6.86. The van der Waals surface area contributed by atoms with Gasteiger partial charge < -0.3 is 5.32 Å². The van der Waals surface area contributed by atoms with Crippen LogP contribution in [0.2, 0.25) is 5.02 Å². The summed E-state index contributed by atoms with van der Waals surface area (Å²) in [5.41, 5.74) is 4.98. The molecule has 0 radical (unpaired) electrons. The lowest BCUT2D eigenvalue weighted by Gasteiger charge is -2.22. The number of hydrogen-bond donors (Lipinski definition) is 1. The molecular weight excluding hydrogens is 422 g/mol. The average molecular weight is 448 g/mol. The Morgan fingerprint density at radius 1 is 1.09 bits per heavy atom. The number of halogens is 1. The summed E-state index contributed by atoms with van der Waals surface area (Å²) in [6.07, 6.45) is 7.63. The number of terminal acetylenes is 1. The summed E-state index contributed by atoms with van der Waals surface area (Å²) in [5.74, 6) is 3.40. The molecule has 1 N–H and O–H groups in total. The van der Waals surface area contributed by atoms with Crippen LogP contribution in [0.4, 0.5) is 0 Å². The van der Waals surface area contributed by atoms with E-state index in [0.717, 1.165) is 46.6 Å². The van der Waals surface area contributed by atoms with Crippen molar-refractivity contribution in [2.75, 3.05) is 6.54 Å². The number of aryl methyl sites for hydroxylation is 3. The van der Waals surface area contributed by atoms with Crippen molar-refractivity contribution in [2.24, 2.45) is 10.2 Å². The van der Waals surface area contributed by atoms with Crippen LogP contribution >= 0.6 is 11.6 Å². The predicted molar refractivity (Wildman–Crippen MR) is 125 cm³/mol. The molecule has 1 aromatic heterocycles. The molecule has 2 aromatic carbocycles. The first-order valence-electron chi connectivity index (χ1n) is 10.7. The van der Waals surface area contributed by atoms with Crippen LogP contribution in [0.15, 0.2) is 46.6 Å². The van der Waals surface area contributed by atoms with E-state index < -0.39 is 0 Å². The molecule has 0 bridgehead atoms. The van der Waals surface area contributed by atoms with Gasteiger partial charge in [-0.3, -0.25) is 0 Å². The highest BCUT2D eigenvalue weighted by molar-refractivity contribution is 6.30. The molecule has 1 aliphatic rings. The van der Waals surface area contributed by atoms with Crippen molar-refractivity contribution in [1.29, 1.82) is 0 Å². The van der Waals surface area contributed by atoms with E-state index in [0.29, 0.717) is 18.0 Å². The molecule has 1 atom stereocenters. The van der Waals surface area contributed by atoms with Gasteiger partial charge in [0, 0.05) is 30.8 Å². The normalized spacial score (nSPS) is 14.8. The highest BCUT2D eigenvalue weighted by Gasteiger charge is 2.39. The summed E-state index contributed by atoms with van der Waals surface area (Å²) in [4.78, 5) is 0. The zero-order valence-corrected chi connectivity index (χ0v) is 19.3. The molecule has 32 heavy (non-hydrogen) atoms. The minimum Gasteiger partial charge on any atom is -0.303 e. The van der Waals surface area contributed by atoms with E-state index >= 15 is 0 Å². The van der Waals surface area contributed by atoms with Crippen LogP contribution in [0, 0.1) is 33.1 Å². The summed E-state index contributed by atoms with van der Waals surface area (Å²) in [7, 11) is 0. The molecule has 0 amide bonds. The van der Waals surface area contributed by atoms with Gasteiger partial charge in [-0.25, -0.2) is 0 Å². The molecule has 1 aliphatic heterocycles. The molecule has 2 heterocycles. The van der Waals surface area contributed by atoms with Crippen molar-refractivity contribution in [2.45, 2.75) is 51.7 Å². The number of nitrogens with zero attached hydrogens (tertiary/aromatic N) is 6. The number of benzene rings is 2. The Balaban J connectivity index is 1.67. The molecular formula is C24H26ClN7. The zero-order chi connectivity index (χ0) is 22.7. The number of nitrogens with one attached hydrogen (secondary N) is 1. The third-order valence-corrected chi connectivity index (χ3v) is 6.11. The first-order valence-corrected chi connectivity index (χ1v) is 11.0. The van der Waals surface area contributed by atoms with Crippen molar-refractivity contribution >= 4 is 11.6 Å². The van der Waals surface area contributed by atoms with Crippen LogP contribution in [0.25, 0.3) is 5.69 Å². The predicted octanol–water partition coefficient (Wildman–Crippen LogP) is 4.89. The van der Waals surface area contributed by atoms with Gasteiger partial charge in [-0.1, -0.05) is 35.9 Å². The van der Waals surface area contributed by atoms with Crippen LogP contribution in [-0.4, -0.2) is 32.4 Å². The second-order valence-corrected chi connectivity index (χ2v) is 8.65. The van der Waals surface area contributed by atoms with E-state index in [1.54, 1.807) is 0 Å². The van der Waals surface area contributed by atoms with E-state index in [9.17, 15) is 0 Å². The fourth-order valence-corrected chi connectivity index (χ4v) is 4.29. The Bertz CT molecular complexity index is 1170. The fourth-order valence-electron chi connectivity index (χ4n) is 4.06. The van der Waals surface area contributed by atoms with Crippen LogP contribution in [0.1, 0.15) is 53.4 Å². The van der Waals surface area contributed by atoms with Gasteiger partial charge in [0.25, 0.3) is 0 Å². The molecule has 0 saturated carbocycles. The van der Waals surface area contributed by atoms with Crippen LogP contribution in [-0.2, 0) is 0 Å². The Morgan fingerprint density at radius 3 is 2.50 bits per heavy atom. The molecule has 7 nitrogen and oxygen atoms in total. The van der Waals surface area contributed by atoms with E-state index in [2.05, 4.69) is 63.0 Å². The molecule has 4 rings (SSSR count). The van der Waals surface area contributed by atoms with E-state index in [1.807, 2.05) is 35.9 Å².